The van der Waals surface area contributed by atoms with Crippen molar-refractivity contribution in [3.63, 3.8) is 0 Å². The number of benzene rings is 1. The van der Waals surface area contributed by atoms with Gasteiger partial charge in [-0.3, -0.25) is 15.0 Å². The van der Waals surface area contributed by atoms with Crippen molar-refractivity contribution in [2.75, 3.05) is 0 Å². The quantitative estimate of drug-likeness (QED) is 0.0630. The number of halogens is 1. The highest BCUT2D eigenvalue weighted by atomic mass is 35.5. The van der Waals surface area contributed by atoms with Crippen molar-refractivity contribution >= 4 is 17.6 Å². The molecule has 1 aromatic rings. The molecule has 1 atom stereocenters. The minimum absolute atomic E-state index is 0.187. The van der Waals surface area contributed by atoms with Crippen LogP contribution < -0.4 is 0 Å². The standard InChI is InChI=1S/C25H40ClNO5/c1-2-3-4-5-6-7-8-9-10-11-12-13-14-15-16-20-24(27(29)30)31-32-25(28)22-18-17-19-23(26)21-22/h17-19,21,24H,2-16,20H2,1H3. The average Bonchev–Trinajstić information content (AvgIpc) is 2.77. The fraction of sp³-hybridized carbons (Fsp3) is 0.720. The number of carbonyl (C=O) groups is 1. The normalized spacial score (nSPS) is 11.9. The molecule has 0 spiro atoms. The lowest BCUT2D eigenvalue weighted by atomic mass is 10.0. The van der Waals surface area contributed by atoms with Crippen molar-refractivity contribution in [3.05, 3.63) is 45.0 Å². The Kier molecular flexibility index (Phi) is 16.7. The Morgan fingerprint density at radius 2 is 1.41 bits per heavy atom. The molecular formula is C25H40ClNO5. The van der Waals surface area contributed by atoms with E-state index >= 15 is 0 Å². The Balaban J connectivity index is 2.00. The molecule has 0 amide bonds. The fourth-order valence-electron chi connectivity index (χ4n) is 3.64. The predicted octanol–water partition coefficient (Wildman–Crippen LogP) is 8.29. The second kappa shape index (κ2) is 18.9. The average molecular weight is 470 g/mol. The minimum atomic E-state index is -1.35. The van der Waals surface area contributed by atoms with Gasteiger partial charge in [0.2, 0.25) is 0 Å². The molecule has 0 aromatic heterocycles. The van der Waals surface area contributed by atoms with Crippen LogP contribution in [-0.4, -0.2) is 17.1 Å². The van der Waals surface area contributed by atoms with Crippen LogP contribution in [0.1, 0.15) is 120 Å². The first-order valence-corrected chi connectivity index (χ1v) is 12.7. The summed E-state index contributed by atoms with van der Waals surface area (Å²) in [5, 5.41) is 11.5. The van der Waals surface area contributed by atoms with Crippen LogP contribution in [-0.2, 0) is 9.78 Å². The highest BCUT2D eigenvalue weighted by Crippen LogP contribution is 2.16. The summed E-state index contributed by atoms with van der Waals surface area (Å²) in [5.74, 6) is -0.796. The van der Waals surface area contributed by atoms with E-state index in [1.54, 1.807) is 12.1 Å². The second-order valence-corrected chi connectivity index (χ2v) is 8.89. The maximum atomic E-state index is 11.9. The highest BCUT2D eigenvalue weighted by Gasteiger charge is 2.24. The van der Waals surface area contributed by atoms with Gasteiger partial charge >= 0.3 is 12.2 Å². The summed E-state index contributed by atoms with van der Waals surface area (Å²) in [4.78, 5) is 31.9. The molecule has 0 N–H and O–H groups in total. The lowest BCUT2D eigenvalue weighted by Gasteiger charge is -2.09. The van der Waals surface area contributed by atoms with Crippen LogP contribution >= 0.6 is 11.6 Å². The number of hydrogen-bond donors (Lipinski definition) is 0. The van der Waals surface area contributed by atoms with Crippen molar-refractivity contribution in [3.8, 4) is 0 Å². The molecule has 0 bridgehead atoms. The zero-order valence-corrected chi connectivity index (χ0v) is 20.3. The lowest BCUT2D eigenvalue weighted by Crippen LogP contribution is -2.25. The monoisotopic (exact) mass is 469 g/mol. The van der Waals surface area contributed by atoms with E-state index < -0.39 is 17.1 Å². The van der Waals surface area contributed by atoms with Gasteiger partial charge in [-0.2, -0.15) is 0 Å². The third-order valence-corrected chi connectivity index (χ3v) is 5.82. The summed E-state index contributed by atoms with van der Waals surface area (Å²) in [6.07, 6.45) is 17.4. The number of hydrogen-bond acceptors (Lipinski definition) is 5. The van der Waals surface area contributed by atoms with Crippen LogP contribution in [0.25, 0.3) is 0 Å². The molecule has 0 aliphatic carbocycles. The lowest BCUT2D eigenvalue weighted by molar-refractivity contribution is -0.613. The summed E-state index contributed by atoms with van der Waals surface area (Å²) in [5.41, 5.74) is 0.187. The molecule has 0 saturated carbocycles. The van der Waals surface area contributed by atoms with E-state index in [0.717, 1.165) is 19.3 Å². The van der Waals surface area contributed by atoms with Gasteiger partial charge in [-0.05, 0) is 24.6 Å². The van der Waals surface area contributed by atoms with Crippen LogP contribution in [0.15, 0.2) is 24.3 Å². The van der Waals surface area contributed by atoms with E-state index in [-0.39, 0.29) is 12.0 Å². The first-order chi connectivity index (χ1) is 15.5. The molecule has 0 saturated heterocycles. The number of carbonyl (C=O) groups excluding carboxylic acids is 1. The van der Waals surface area contributed by atoms with Gasteiger partial charge in [-0.1, -0.05) is 114 Å². The summed E-state index contributed by atoms with van der Waals surface area (Å²) in [7, 11) is 0. The first kappa shape index (κ1) is 28.4. The van der Waals surface area contributed by atoms with Gasteiger partial charge in [-0.25, -0.2) is 4.79 Å². The van der Waals surface area contributed by atoms with Crippen molar-refractivity contribution in [1.82, 2.24) is 0 Å². The van der Waals surface area contributed by atoms with E-state index in [1.165, 1.54) is 82.8 Å². The van der Waals surface area contributed by atoms with Crippen LogP contribution in [0, 0.1) is 10.1 Å². The van der Waals surface area contributed by atoms with Crippen molar-refractivity contribution in [2.45, 2.75) is 116 Å². The molecule has 182 valence electrons. The van der Waals surface area contributed by atoms with Crippen LogP contribution in [0.4, 0.5) is 0 Å². The minimum Gasteiger partial charge on any atom is -0.286 e. The Hall–Kier alpha value is -1.66. The molecule has 6 nitrogen and oxygen atoms in total. The van der Waals surface area contributed by atoms with Gasteiger partial charge in [0.25, 0.3) is 0 Å². The summed E-state index contributed by atoms with van der Waals surface area (Å²) < 4.78 is 0. The summed E-state index contributed by atoms with van der Waals surface area (Å²) in [6.45, 7) is 2.25. The van der Waals surface area contributed by atoms with Gasteiger partial charge in [0.15, 0.2) is 0 Å². The maximum Gasteiger partial charge on any atom is 0.373 e. The van der Waals surface area contributed by atoms with Crippen molar-refractivity contribution in [1.29, 1.82) is 0 Å². The molecular weight excluding hydrogens is 430 g/mol. The van der Waals surface area contributed by atoms with E-state index in [2.05, 4.69) is 11.8 Å². The molecule has 1 unspecified atom stereocenters. The fourth-order valence-corrected chi connectivity index (χ4v) is 3.83. The number of nitro groups is 1. The van der Waals surface area contributed by atoms with E-state index in [9.17, 15) is 14.9 Å². The molecule has 0 fully saturated rings. The highest BCUT2D eigenvalue weighted by molar-refractivity contribution is 6.30. The zero-order chi connectivity index (χ0) is 23.4. The van der Waals surface area contributed by atoms with Gasteiger partial charge in [-0.15, -0.1) is 4.89 Å². The molecule has 0 heterocycles. The van der Waals surface area contributed by atoms with Gasteiger partial charge in [0, 0.05) is 11.4 Å². The largest absolute Gasteiger partial charge is 0.373 e. The van der Waals surface area contributed by atoms with Gasteiger partial charge in [0.05, 0.1) is 10.5 Å². The van der Waals surface area contributed by atoms with Gasteiger partial charge < -0.3 is 0 Å². The Morgan fingerprint density at radius 3 is 1.88 bits per heavy atom. The predicted molar refractivity (Wildman–Crippen MR) is 128 cm³/mol. The first-order valence-electron chi connectivity index (χ1n) is 12.3. The van der Waals surface area contributed by atoms with E-state index in [0.29, 0.717) is 11.4 Å². The van der Waals surface area contributed by atoms with Crippen molar-refractivity contribution in [2.24, 2.45) is 0 Å². The Labute approximate surface area is 198 Å². The third kappa shape index (κ3) is 14.4. The summed E-state index contributed by atoms with van der Waals surface area (Å²) >= 11 is 5.82. The molecule has 0 radical (unpaired) electrons. The van der Waals surface area contributed by atoms with Crippen LogP contribution in [0.2, 0.25) is 5.02 Å². The molecule has 32 heavy (non-hydrogen) atoms. The molecule has 7 heteroatoms. The smallest absolute Gasteiger partial charge is 0.286 e. The van der Waals surface area contributed by atoms with E-state index in [4.69, 9.17) is 16.5 Å². The Bertz CT molecular complexity index is 641. The van der Waals surface area contributed by atoms with Crippen LogP contribution in [0.5, 0.6) is 0 Å². The maximum absolute atomic E-state index is 11.9. The zero-order valence-electron chi connectivity index (χ0n) is 19.6. The van der Waals surface area contributed by atoms with E-state index in [1.807, 2.05) is 0 Å². The Morgan fingerprint density at radius 1 is 0.906 bits per heavy atom. The van der Waals surface area contributed by atoms with Crippen molar-refractivity contribution < 1.29 is 19.5 Å². The SMILES string of the molecule is CCCCCCCCCCCCCCCCCC(OOC(=O)c1cccc(Cl)c1)[N+](=O)[O-]. The van der Waals surface area contributed by atoms with Gasteiger partial charge in [0.1, 0.15) is 0 Å². The third-order valence-electron chi connectivity index (χ3n) is 5.58. The topological polar surface area (TPSA) is 78.7 Å². The molecule has 0 aliphatic rings. The molecule has 1 rings (SSSR count). The number of nitrogens with zero attached hydrogens (tertiary/aromatic N) is 1. The number of unbranched alkanes of at least 4 members (excludes halogenated alkanes) is 14. The van der Waals surface area contributed by atoms with Crippen LogP contribution in [0.3, 0.4) is 0 Å². The molecule has 1 aromatic carbocycles. The second-order valence-electron chi connectivity index (χ2n) is 8.46. The molecule has 0 aliphatic heterocycles. The summed E-state index contributed by atoms with van der Waals surface area (Å²) in [6, 6.07) is 6.14. The number of rotatable bonds is 20.